The fourth-order valence-corrected chi connectivity index (χ4v) is 2.48. The second kappa shape index (κ2) is 3.76. The molecule has 0 aliphatic heterocycles. The molecule has 0 unspecified atom stereocenters. The van der Waals surface area contributed by atoms with E-state index in [9.17, 15) is 13.2 Å². The van der Waals surface area contributed by atoms with E-state index in [4.69, 9.17) is 22.3 Å². The van der Waals surface area contributed by atoms with Gasteiger partial charge in [-0.1, -0.05) is 11.6 Å². The van der Waals surface area contributed by atoms with Gasteiger partial charge in [-0.15, -0.1) is 0 Å². The van der Waals surface area contributed by atoms with Crippen molar-refractivity contribution in [2.45, 2.75) is 4.90 Å². The molecule has 0 spiro atoms. The molecule has 16 heavy (non-hydrogen) atoms. The summed E-state index contributed by atoms with van der Waals surface area (Å²) in [5, 5.41) is 0.323. The van der Waals surface area contributed by atoms with Crippen LogP contribution in [0, 0.1) is 0 Å². The van der Waals surface area contributed by atoms with Gasteiger partial charge in [0.15, 0.2) is 5.43 Å². The molecule has 0 aliphatic carbocycles. The topological polar surface area (TPSA) is 67.0 Å². The maximum atomic E-state index is 11.5. The van der Waals surface area contributed by atoms with Crippen molar-refractivity contribution in [3.63, 3.8) is 0 Å². The molecule has 0 radical (unpaired) electrons. The van der Waals surface area contributed by atoms with Crippen LogP contribution in [0.1, 0.15) is 0 Å². The molecule has 2 rings (SSSR count). The van der Waals surface area contributed by atoms with Crippen molar-refractivity contribution >= 4 is 42.2 Å². The third kappa shape index (κ3) is 1.93. The summed E-state index contributed by atoms with van der Waals surface area (Å²) in [5.74, 6) is 0. The van der Waals surface area contributed by atoms with E-state index in [1.807, 2.05) is 0 Å². The first-order valence-corrected chi connectivity index (χ1v) is 6.84. The van der Waals surface area contributed by atoms with E-state index in [0.29, 0.717) is 5.52 Å². The first-order chi connectivity index (χ1) is 7.39. The molecular formula is C9H5Cl2NO3S. The van der Waals surface area contributed by atoms with E-state index in [2.05, 4.69) is 4.98 Å². The van der Waals surface area contributed by atoms with E-state index in [-0.39, 0.29) is 20.7 Å². The Hall–Kier alpha value is -1.04. The highest BCUT2D eigenvalue weighted by atomic mass is 35.7. The lowest BCUT2D eigenvalue weighted by molar-refractivity contribution is 0.609. The number of hydrogen-bond acceptors (Lipinski definition) is 3. The number of nitrogens with one attached hydrogen (secondary N) is 1. The van der Waals surface area contributed by atoms with E-state index < -0.39 is 9.05 Å². The fraction of sp³-hybridized carbons (Fsp3) is 0. The van der Waals surface area contributed by atoms with Crippen molar-refractivity contribution in [2.75, 3.05) is 0 Å². The van der Waals surface area contributed by atoms with Crippen molar-refractivity contribution < 1.29 is 8.42 Å². The monoisotopic (exact) mass is 277 g/mol. The summed E-state index contributed by atoms with van der Waals surface area (Å²) in [4.78, 5) is 14.1. The fourth-order valence-electron chi connectivity index (χ4n) is 1.35. The predicted molar refractivity (Wildman–Crippen MR) is 62.6 cm³/mol. The maximum Gasteiger partial charge on any atom is 0.261 e. The smallest absolute Gasteiger partial charge is 0.261 e. The van der Waals surface area contributed by atoms with Crippen LogP contribution in [-0.2, 0) is 9.05 Å². The number of hydrogen-bond donors (Lipinski definition) is 1. The second-order valence-corrected chi connectivity index (χ2v) is 6.08. The van der Waals surface area contributed by atoms with Crippen LogP contribution < -0.4 is 5.43 Å². The first kappa shape index (κ1) is 11.4. The maximum absolute atomic E-state index is 11.5. The zero-order chi connectivity index (χ0) is 11.9. The van der Waals surface area contributed by atoms with Gasteiger partial charge in [-0.05, 0) is 12.1 Å². The molecule has 1 N–H and O–H groups in total. The average molecular weight is 278 g/mol. The van der Waals surface area contributed by atoms with Gasteiger partial charge in [0.1, 0.15) is 0 Å². The highest BCUT2D eigenvalue weighted by Gasteiger charge is 2.14. The zero-order valence-corrected chi connectivity index (χ0v) is 10.0. The number of pyridine rings is 1. The molecule has 0 atom stereocenters. The second-order valence-electron chi connectivity index (χ2n) is 3.11. The molecule has 0 saturated carbocycles. The minimum atomic E-state index is -3.90. The Morgan fingerprint density at radius 3 is 2.56 bits per heavy atom. The molecule has 7 heteroatoms. The number of rotatable bonds is 1. The van der Waals surface area contributed by atoms with Crippen LogP contribution in [0.2, 0.25) is 5.02 Å². The molecule has 0 bridgehead atoms. The van der Waals surface area contributed by atoms with Crippen LogP contribution in [0.25, 0.3) is 10.9 Å². The largest absolute Gasteiger partial charge is 0.360 e. The molecule has 2 aromatic rings. The van der Waals surface area contributed by atoms with E-state index in [1.54, 1.807) is 0 Å². The Labute approximate surface area is 100 Å². The third-order valence-electron chi connectivity index (χ3n) is 2.07. The number of benzene rings is 1. The molecule has 0 saturated heterocycles. The number of aromatic amines is 1. The number of aromatic nitrogens is 1. The zero-order valence-electron chi connectivity index (χ0n) is 7.70. The van der Waals surface area contributed by atoms with Crippen LogP contribution >= 0.6 is 22.3 Å². The van der Waals surface area contributed by atoms with Gasteiger partial charge in [-0.3, -0.25) is 4.79 Å². The lowest BCUT2D eigenvalue weighted by Gasteiger charge is -2.02. The summed E-state index contributed by atoms with van der Waals surface area (Å²) < 4.78 is 22.3. The standard InChI is InChI=1S/C9H5Cl2NO3S/c10-7-4-5(16(11,14)15)3-6-8(13)1-2-12-9(6)7/h1-4H,(H,12,13). The molecule has 1 aromatic heterocycles. The highest BCUT2D eigenvalue weighted by Crippen LogP contribution is 2.25. The molecule has 0 fully saturated rings. The third-order valence-corrected chi connectivity index (χ3v) is 3.70. The summed E-state index contributed by atoms with van der Waals surface area (Å²) in [6, 6.07) is 3.67. The van der Waals surface area contributed by atoms with Crippen LogP contribution in [0.5, 0.6) is 0 Å². The Bertz CT molecular complexity index is 721. The van der Waals surface area contributed by atoms with Crippen molar-refractivity contribution in [2.24, 2.45) is 0 Å². The SMILES string of the molecule is O=c1cc[nH]c2c(Cl)cc(S(=O)(=O)Cl)cc12. The van der Waals surface area contributed by atoms with Gasteiger partial charge in [0, 0.05) is 28.3 Å². The van der Waals surface area contributed by atoms with Crippen LogP contribution in [0.3, 0.4) is 0 Å². The van der Waals surface area contributed by atoms with Gasteiger partial charge >= 0.3 is 0 Å². The van der Waals surface area contributed by atoms with Crippen molar-refractivity contribution in [3.8, 4) is 0 Å². The molecule has 84 valence electrons. The van der Waals surface area contributed by atoms with E-state index >= 15 is 0 Å². The van der Waals surface area contributed by atoms with Gasteiger partial charge in [-0.25, -0.2) is 8.42 Å². The van der Waals surface area contributed by atoms with Gasteiger partial charge in [0.05, 0.1) is 15.4 Å². The Balaban J connectivity index is 2.97. The normalized spacial score (nSPS) is 11.9. The van der Waals surface area contributed by atoms with Gasteiger partial charge in [-0.2, -0.15) is 0 Å². The van der Waals surface area contributed by atoms with Crippen molar-refractivity contribution in [1.82, 2.24) is 4.98 Å². The van der Waals surface area contributed by atoms with Crippen LogP contribution in [0.15, 0.2) is 34.1 Å². The molecule has 1 aromatic carbocycles. The lowest BCUT2D eigenvalue weighted by atomic mass is 10.2. The van der Waals surface area contributed by atoms with E-state index in [0.717, 1.165) is 0 Å². The Kier molecular flexibility index (Phi) is 2.69. The molecule has 4 nitrogen and oxygen atoms in total. The first-order valence-electron chi connectivity index (χ1n) is 4.15. The molecule has 0 aliphatic rings. The molecular weight excluding hydrogens is 273 g/mol. The quantitative estimate of drug-likeness (QED) is 0.812. The lowest BCUT2D eigenvalue weighted by Crippen LogP contribution is -2.02. The van der Waals surface area contributed by atoms with E-state index in [1.165, 1.54) is 24.4 Å². The minimum Gasteiger partial charge on any atom is -0.360 e. The minimum absolute atomic E-state index is 0.134. The van der Waals surface area contributed by atoms with Crippen LogP contribution in [0.4, 0.5) is 0 Å². The summed E-state index contributed by atoms with van der Waals surface area (Å²) in [7, 11) is 1.29. The molecule has 0 amide bonds. The van der Waals surface area contributed by atoms with Crippen molar-refractivity contribution in [1.29, 1.82) is 0 Å². The number of H-pyrrole nitrogens is 1. The van der Waals surface area contributed by atoms with Gasteiger partial charge in [0.25, 0.3) is 9.05 Å². The predicted octanol–water partition coefficient (Wildman–Crippen LogP) is 2.11. The van der Waals surface area contributed by atoms with Gasteiger partial charge < -0.3 is 4.98 Å². The Morgan fingerprint density at radius 2 is 1.94 bits per heavy atom. The summed E-state index contributed by atoms with van der Waals surface area (Å²) in [6.07, 6.45) is 1.44. The van der Waals surface area contributed by atoms with Crippen LogP contribution in [-0.4, -0.2) is 13.4 Å². The Morgan fingerprint density at radius 1 is 1.25 bits per heavy atom. The number of halogens is 2. The average Bonchev–Trinajstić information content (AvgIpc) is 2.18. The highest BCUT2D eigenvalue weighted by molar-refractivity contribution is 8.13. The molecule has 1 heterocycles. The van der Waals surface area contributed by atoms with Gasteiger partial charge in [0.2, 0.25) is 0 Å². The summed E-state index contributed by atoms with van der Waals surface area (Å²) in [6.45, 7) is 0. The van der Waals surface area contributed by atoms with Crippen molar-refractivity contribution in [3.05, 3.63) is 39.6 Å². The summed E-state index contributed by atoms with van der Waals surface area (Å²) >= 11 is 5.85. The summed E-state index contributed by atoms with van der Waals surface area (Å²) in [5.41, 5.74) is 0.0658. The number of fused-ring (bicyclic) bond motifs is 1.